The van der Waals surface area contributed by atoms with Crippen molar-refractivity contribution in [2.24, 2.45) is 0 Å². The number of hydrogen-bond acceptors (Lipinski definition) is 7. The van der Waals surface area contributed by atoms with Crippen molar-refractivity contribution in [2.45, 2.75) is 23.5 Å². The van der Waals surface area contributed by atoms with Gasteiger partial charge in [-0.3, -0.25) is 0 Å². The average molecular weight is 546 g/mol. The van der Waals surface area contributed by atoms with Gasteiger partial charge in [-0.2, -0.15) is 18.2 Å². The summed E-state index contributed by atoms with van der Waals surface area (Å²) in [6.07, 6.45) is -5.96. The molecule has 0 aliphatic carbocycles. The molecule has 0 bridgehead atoms. The van der Waals surface area contributed by atoms with Crippen LogP contribution in [-0.4, -0.2) is 58.3 Å². The maximum Gasteiger partial charge on any atom is 0.417 e. The molecule has 3 aromatic rings. The second kappa shape index (κ2) is 8.83. The van der Waals surface area contributed by atoms with Gasteiger partial charge in [-0.05, 0) is 36.8 Å². The highest BCUT2D eigenvalue weighted by Crippen LogP contribution is 2.43. The number of sulfonamides is 1. The van der Waals surface area contributed by atoms with Gasteiger partial charge in [0.05, 0.1) is 21.0 Å². The molecule has 1 aliphatic rings. The first-order valence-corrected chi connectivity index (χ1v) is 12.0. The van der Waals surface area contributed by atoms with E-state index in [1.165, 1.54) is 18.2 Å². The summed E-state index contributed by atoms with van der Waals surface area (Å²) >= 11 is 6.23. The molecule has 0 saturated carbocycles. The minimum Gasteiger partial charge on any atom is -0.465 e. The van der Waals surface area contributed by atoms with Crippen LogP contribution in [0.2, 0.25) is 5.02 Å². The van der Waals surface area contributed by atoms with Gasteiger partial charge in [0.1, 0.15) is 0 Å². The van der Waals surface area contributed by atoms with Gasteiger partial charge in [0, 0.05) is 24.3 Å². The number of aromatic nitrogens is 3. The van der Waals surface area contributed by atoms with Gasteiger partial charge >= 0.3 is 12.3 Å². The zero-order valence-electron chi connectivity index (χ0n) is 18.4. The van der Waals surface area contributed by atoms with Crippen LogP contribution in [0.5, 0.6) is 0 Å². The van der Waals surface area contributed by atoms with Crippen LogP contribution in [0.4, 0.5) is 35.5 Å². The third-order valence-corrected chi connectivity index (χ3v) is 7.29. The number of carboxylic acid groups (broad SMARTS) is 1. The van der Waals surface area contributed by atoms with Crippen LogP contribution in [-0.2, 0) is 16.2 Å². The molecule has 1 aromatic heterocycles. The van der Waals surface area contributed by atoms with Crippen LogP contribution >= 0.6 is 11.6 Å². The van der Waals surface area contributed by atoms with Crippen molar-refractivity contribution < 1.29 is 31.5 Å². The zero-order valence-corrected chi connectivity index (χ0v) is 20.0. The molecule has 0 spiro atoms. The summed E-state index contributed by atoms with van der Waals surface area (Å²) in [4.78, 5) is 15.6. The zero-order chi connectivity index (χ0) is 26.5. The third kappa shape index (κ3) is 5.17. The molecule has 0 atom stereocenters. The molecule has 1 aliphatic heterocycles. The topological polar surface area (TPSA) is 166 Å². The van der Waals surface area contributed by atoms with E-state index in [1.54, 1.807) is 6.92 Å². The number of alkyl halides is 3. The number of nitrogens with zero attached hydrogens (tertiary/aromatic N) is 3. The molecule has 0 radical (unpaired) electrons. The molecule has 2 aromatic carbocycles. The van der Waals surface area contributed by atoms with E-state index in [2.05, 4.69) is 25.2 Å². The summed E-state index contributed by atoms with van der Waals surface area (Å²) in [5.41, 5.74) is 3.01. The Bertz CT molecular complexity index is 1420. The summed E-state index contributed by atoms with van der Waals surface area (Å²) in [6.45, 7) is 1.48. The normalized spacial score (nSPS) is 15.4. The highest BCUT2D eigenvalue weighted by Gasteiger charge is 2.44. The highest BCUT2D eigenvalue weighted by atomic mass is 35.5. The van der Waals surface area contributed by atoms with Gasteiger partial charge in [0.2, 0.25) is 21.9 Å². The second-order valence-electron chi connectivity index (χ2n) is 8.38. The van der Waals surface area contributed by atoms with Crippen LogP contribution in [0.3, 0.4) is 0 Å². The number of H-pyrrole nitrogens is 1. The number of carbonyl (C=O) groups is 1. The van der Waals surface area contributed by atoms with E-state index in [9.17, 15) is 26.4 Å². The number of nitrogens with two attached hydrogens (primary N) is 1. The second-order valence-corrected chi connectivity index (χ2v) is 10.5. The number of nitrogen functional groups attached to an aromatic ring is 1. The van der Waals surface area contributed by atoms with E-state index in [4.69, 9.17) is 22.4 Å². The number of amides is 1. The van der Waals surface area contributed by atoms with E-state index < -0.39 is 33.4 Å². The summed E-state index contributed by atoms with van der Waals surface area (Å²) in [5.74, 6) is -0.0931. The quantitative estimate of drug-likeness (QED) is 0.314. The van der Waals surface area contributed by atoms with Crippen LogP contribution in [0.1, 0.15) is 12.5 Å². The van der Waals surface area contributed by atoms with Crippen LogP contribution in [0.25, 0.3) is 11.1 Å². The number of nitrogens with one attached hydrogen (secondary N) is 3. The first-order chi connectivity index (χ1) is 16.7. The Hall–Kier alpha value is -3.56. The predicted octanol–water partition coefficient (Wildman–Crippen LogP) is 3.50. The number of hydrogen-bond donors (Lipinski definition) is 5. The Morgan fingerprint density at radius 1 is 1.25 bits per heavy atom. The standard InChI is InChI=1S/C20H19ClF3N7O4S/c1-19(8-31(9-19)18(32)33)30-36(34,35)12-4-2-10(3-5-12)15-13(20(22,23)24)6-11(7-14(15)21)26-17-27-16(25)28-29-17/h2-7,30H,8-9H2,1H3,(H,32,33)(H4,25,26,27,28,29). The molecule has 0 unspecified atom stereocenters. The molecule has 1 amide bonds. The Labute approximate surface area is 207 Å². The monoisotopic (exact) mass is 545 g/mol. The van der Waals surface area contributed by atoms with Gasteiger partial charge in [0.25, 0.3) is 0 Å². The number of halogens is 4. The van der Waals surface area contributed by atoms with Gasteiger partial charge < -0.3 is 21.1 Å². The summed E-state index contributed by atoms with van der Waals surface area (Å²) < 4.78 is 69.8. The SMILES string of the molecule is CC1(NS(=O)(=O)c2ccc(-c3c(Cl)cc(Nc4n[nH]c(N)n4)cc3C(F)(F)F)cc2)CN(C(=O)O)C1. The maximum absolute atomic E-state index is 13.9. The number of rotatable bonds is 6. The van der Waals surface area contributed by atoms with E-state index in [0.29, 0.717) is 0 Å². The first kappa shape index (κ1) is 25.5. The van der Waals surface area contributed by atoms with Gasteiger partial charge in [-0.1, -0.05) is 23.7 Å². The Morgan fingerprint density at radius 2 is 1.89 bits per heavy atom. The first-order valence-electron chi connectivity index (χ1n) is 10.1. The van der Waals surface area contributed by atoms with Crippen LogP contribution in [0.15, 0.2) is 41.3 Å². The molecule has 1 saturated heterocycles. The van der Waals surface area contributed by atoms with Crippen molar-refractivity contribution in [3.63, 3.8) is 0 Å². The molecule has 36 heavy (non-hydrogen) atoms. The van der Waals surface area contributed by atoms with Gasteiger partial charge in [-0.15, -0.1) is 5.10 Å². The Kier molecular flexibility index (Phi) is 6.26. The maximum atomic E-state index is 13.9. The molecule has 2 heterocycles. The average Bonchev–Trinajstić information content (AvgIpc) is 3.15. The summed E-state index contributed by atoms with van der Waals surface area (Å²) in [7, 11) is -4.08. The van der Waals surface area contributed by atoms with Crippen molar-refractivity contribution in [1.29, 1.82) is 0 Å². The molecule has 192 valence electrons. The molecular formula is C20H19ClF3N7O4S. The Morgan fingerprint density at radius 3 is 2.42 bits per heavy atom. The van der Waals surface area contributed by atoms with E-state index in [0.717, 1.165) is 23.1 Å². The van der Waals surface area contributed by atoms with Crippen molar-refractivity contribution >= 4 is 45.3 Å². The molecule has 16 heteroatoms. The van der Waals surface area contributed by atoms with Crippen molar-refractivity contribution in [3.05, 3.63) is 47.0 Å². The van der Waals surface area contributed by atoms with Crippen LogP contribution < -0.4 is 15.8 Å². The lowest BCUT2D eigenvalue weighted by Crippen LogP contribution is -2.69. The molecular weight excluding hydrogens is 527 g/mol. The van der Waals surface area contributed by atoms with Gasteiger partial charge in [-0.25, -0.2) is 23.0 Å². The van der Waals surface area contributed by atoms with Crippen molar-refractivity contribution in [3.8, 4) is 11.1 Å². The highest BCUT2D eigenvalue weighted by molar-refractivity contribution is 7.89. The molecule has 4 rings (SSSR count). The van der Waals surface area contributed by atoms with E-state index in [-0.39, 0.29) is 51.7 Å². The van der Waals surface area contributed by atoms with Crippen molar-refractivity contribution in [2.75, 3.05) is 24.1 Å². The number of benzene rings is 2. The third-order valence-electron chi connectivity index (χ3n) is 5.34. The summed E-state index contributed by atoms with van der Waals surface area (Å²) in [6, 6.07) is 6.78. The molecule has 6 N–H and O–H groups in total. The fourth-order valence-electron chi connectivity index (χ4n) is 3.84. The Balaban J connectivity index is 1.63. The van der Waals surface area contributed by atoms with E-state index >= 15 is 0 Å². The largest absolute Gasteiger partial charge is 0.465 e. The summed E-state index contributed by atoms with van der Waals surface area (Å²) in [5, 5.41) is 17.3. The molecule has 11 nitrogen and oxygen atoms in total. The van der Waals surface area contributed by atoms with E-state index in [1.807, 2.05) is 0 Å². The number of likely N-dealkylation sites (tertiary alicyclic amines) is 1. The minimum atomic E-state index is -4.80. The fourth-order valence-corrected chi connectivity index (χ4v) is 5.55. The number of anilines is 3. The van der Waals surface area contributed by atoms with Gasteiger partial charge in [0.15, 0.2) is 0 Å². The minimum absolute atomic E-state index is 0.0341. The smallest absolute Gasteiger partial charge is 0.417 e. The number of aromatic amines is 1. The lowest BCUT2D eigenvalue weighted by molar-refractivity contribution is -0.137. The lowest BCUT2D eigenvalue weighted by Gasteiger charge is -2.46. The molecule has 1 fully saturated rings. The van der Waals surface area contributed by atoms with Crippen LogP contribution in [0, 0.1) is 0 Å². The predicted molar refractivity (Wildman–Crippen MR) is 124 cm³/mol. The van der Waals surface area contributed by atoms with Crippen molar-refractivity contribution in [1.82, 2.24) is 24.8 Å². The fraction of sp³-hybridized carbons (Fsp3) is 0.250. The lowest BCUT2D eigenvalue weighted by atomic mass is 9.95.